The van der Waals surface area contributed by atoms with Crippen LogP contribution in [-0.4, -0.2) is 21.4 Å². The van der Waals surface area contributed by atoms with Crippen LogP contribution in [0, 0.1) is 11.7 Å². The lowest BCUT2D eigenvalue weighted by atomic mass is 10.2. The van der Waals surface area contributed by atoms with E-state index in [0.29, 0.717) is 27.8 Å². The first-order chi connectivity index (χ1) is 15.9. The minimum Gasteiger partial charge on any atom is -0.495 e. The van der Waals surface area contributed by atoms with Crippen molar-refractivity contribution in [1.82, 2.24) is 9.13 Å². The molecule has 3 aromatic carbocycles. The van der Waals surface area contributed by atoms with Crippen molar-refractivity contribution >= 4 is 35.2 Å². The summed E-state index contributed by atoms with van der Waals surface area (Å²) >= 11 is 11.6. The second-order valence-electron chi connectivity index (χ2n) is 7.11. The number of para-hydroxylation sites is 2. The number of azo groups is 1. The predicted octanol–water partition coefficient (Wildman–Crippen LogP) is 6.45. The van der Waals surface area contributed by atoms with Crippen LogP contribution in [0.1, 0.15) is 5.56 Å². The van der Waals surface area contributed by atoms with Gasteiger partial charge in [0.2, 0.25) is 11.6 Å². The summed E-state index contributed by atoms with van der Waals surface area (Å²) in [6.45, 7) is 1.94. The van der Waals surface area contributed by atoms with Crippen molar-refractivity contribution in [3.05, 3.63) is 98.5 Å². The molecule has 0 saturated heterocycles. The van der Waals surface area contributed by atoms with Crippen LogP contribution in [0.25, 0.3) is 11.4 Å². The van der Waals surface area contributed by atoms with Gasteiger partial charge in [0.25, 0.3) is 5.56 Å². The van der Waals surface area contributed by atoms with E-state index in [1.807, 2.05) is 19.1 Å². The number of ether oxygens (including phenoxy) is 1. The largest absolute Gasteiger partial charge is 0.495 e. The molecule has 0 aliphatic rings. The summed E-state index contributed by atoms with van der Waals surface area (Å²) in [6.07, 6.45) is 0. The molecule has 0 fully saturated rings. The van der Waals surface area contributed by atoms with Crippen molar-refractivity contribution in [2.45, 2.75) is 6.92 Å². The molecule has 0 saturated carbocycles. The number of aromatic hydroxyl groups is 1. The van der Waals surface area contributed by atoms with E-state index in [1.54, 1.807) is 60.7 Å². The zero-order chi connectivity index (χ0) is 23.5. The van der Waals surface area contributed by atoms with E-state index in [9.17, 15) is 9.90 Å². The standard InChI is InChI=1S/C24H19ClN4O3S/c1-15-7-13-18(14-8-15)28-22(30)21(27-26-17-11-9-16(25)10-12-17)23(31)29(24(28)33)19-5-3-4-6-20(19)32-2/h3-14,31H,1-2H3. The van der Waals surface area contributed by atoms with Crippen molar-refractivity contribution in [1.29, 1.82) is 0 Å². The van der Waals surface area contributed by atoms with E-state index in [4.69, 9.17) is 28.6 Å². The lowest BCUT2D eigenvalue weighted by molar-refractivity contribution is 0.402. The van der Waals surface area contributed by atoms with Gasteiger partial charge >= 0.3 is 0 Å². The Labute approximate surface area is 199 Å². The summed E-state index contributed by atoms with van der Waals surface area (Å²) in [6, 6.07) is 20.9. The number of hydrogen-bond acceptors (Lipinski definition) is 6. The SMILES string of the molecule is COc1ccccc1-n1c(O)c(N=Nc2ccc(Cl)cc2)c(=O)n(-c2ccc(C)cc2)c1=S. The second-order valence-corrected chi connectivity index (χ2v) is 7.92. The molecule has 4 rings (SSSR count). The molecule has 1 aromatic heterocycles. The average Bonchev–Trinajstić information content (AvgIpc) is 2.81. The maximum atomic E-state index is 13.4. The maximum Gasteiger partial charge on any atom is 0.290 e. The first-order valence-electron chi connectivity index (χ1n) is 9.89. The van der Waals surface area contributed by atoms with Gasteiger partial charge in [-0.25, -0.2) is 0 Å². The van der Waals surface area contributed by atoms with Gasteiger partial charge in [0, 0.05) is 5.02 Å². The lowest BCUT2D eigenvalue weighted by Gasteiger charge is -2.17. The van der Waals surface area contributed by atoms with Gasteiger partial charge in [-0.2, -0.15) is 5.11 Å². The van der Waals surface area contributed by atoms with Crippen LogP contribution in [-0.2, 0) is 0 Å². The fourth-order valence-corrected chi connectivity index (χ4v) is 3.74. The molecule has 1 N–H and O–H groups in total. The number of hydrogen-bond donors (Lipinski definition) is 1. The van der Waals surface area contributed by atoms with Crippen LogP contribution in [0.4, 0.5) is 11.4 Å². The van der Waals surface area contributed by atoms with E-state index >= 15 is 0 Å². The average molecular weight is 479 g/mol. The number of aryl methyl sites for hydroxylation is 1. The second kappa shape index (κ2) is 9.40. The van der Waals surface area contributed by atoms with Gasteiger partial charge in [-0.15, -0.1) is 5.11 Å². The predicted molar refractivity (Wildman–Crippen MR) is 131 cm³/mol. The summed E-state index contributed by atoms with van der Waals surface area (Å²) in [4.78, 5) is 13.4. The van der Waals surface area contributed by atoms with E-state index < -0.39 is 11.4 Å². The number of methoxy groups -OCH3 is 1. The number of rotatable bonds is 5. The van der Waals surface area contributed by atoms with Crippen LogP contribution in [0.3, 0.4) is 0 Å². The zero-order valence-corrected chi connectivity index (χ0v) is 19.3. The highest BCUT2D eigenvalue weighted by atomic mass is 35.5. The van der Waals surface area contributed by atoms with Crippen molar-refractivity contribution in [3.8, 4) is 23.0 Å². The summed E-state index contributed by atoms with van der Waals surface area (Å²) in [5.41, 5.74) is 1.59. The number of halogens is 1. The van der Waals surface area contributed by atoms with Crippen molar-refractivity contribution in [2.24, 2.45) is 10.2 Å². The minimum absolute atomic E-state index is 0.0521. The normalized spacial score (nSPS) is 11.1. The fraction of sp³-hybridized carbons (Fsp3) is 0.0833. The minimum atomic E-state index is -0.606. The molecule has 166 valence electrons. The molecule has 0 atom stereocenters. The number of nitrogens with zero attached hydrogens (tertiary/aromatic N) is 4. The quantitative estimate of drug-likeness (QED) is 0.264. The Morgan fingerprint density at radius 3 is 2.27 bits per heavy atom. The molecule has 0 amide bonds. The van der Waals surface area contributed by atoms with Gasteiger partial charge in [-0.3, -0.25) is 13.9 Å². The smallest absolute Gasteiger partial charge is 0.290 e. The highest BCUT2D eigenvalue weighted by Crippen LogP contribution is 2.32. The Hall–Kier alpha value is -3.75. The highest BCUT2D eigenvalue weighted by Gasteiger charge is 2.21. The molecule has 7 nitrogen and oxygen atoms in total. The molecule has 4 aromatic rings. The van der Waals surface area contributed by atoms with Gasteiger partial charge in [-0.1, -0.05) is 41.4 Å². The van der Waals surface area contributed by atoms with Crippen molar-refractivity contribution < 1.29 is 9.84 Å². The Morgan fingerprint density at radius 1 is 0.939 bits per heavy atom. The van der Waals surface area contributed by atoms with E-state index in [-0.39, 0.29) is 10.5 Å². The number of benzene rings is 3. The highest BCUT2D eigenvalue weighted by molar-refractivity contribution is 7.71. The third-order valence-electron chi connectivity index (χ3n) is 4.92. The number of aromatic nitrogens is 2. The van der Waals surface area contributed by atoms with Crippen molar-refractivity contribution in [2.75, 3.05) is 7.11 Å². The summed E-state index contributed by atoms with van der Waals surface area (Å²) in [7, 11) is 1.51. The molecule has 0 bridgehead atoms. The fourth-order valence-electron chi connectivity index (χ4n) is 3.24. The van der Waals surface area contributed by atoms with Gasteiger partial charge in [0.1, 0.15) is 5.75 Å². The molecule has 33 heavy (non-hydrogen) atoms. The first kappa shape index (κ1) is 22.4. The van der Waals surface area contributed by atoms with Gasteiger partial charge < -0.3 is 9.84 Å². The van der Waals surface area contributed by atoms with Crippen LogP contribution >= 0.6 is 23.8 Å². The topological polar surface area (TPSA) is 81.1 Å². The molecule has 9 heteroatoms. The van der Waals surface area contributed by atoms with E-state index in [2.05, 4.69) is 10.2 Å². The third-order valence-corrected chi connectivity index (χ3v) is 5.54. The van der Waals surface area contributed by atoms with Crippen molar-refractivity contribution in [3.63, 3.8) is 0 Å². The van der Waals surface area contributed by atoms with Crippen LogP contribution in [0.2, 0.25) is 5.02 Å². The van der Waals surface area contributed by atoms with Crippen LogP contribution in [0.15, 0.2) is 87.8 Å². The Balaban J connectivity index is 2.02. The molecule has 0 spiro atoms. The summed E-state index contributed by atoms with van der Waals surface area (Å²) < 4.78 is 8.14. The molecular formula is C24H19ClN4O3S. The molecular weight excluding hydrogens is 460 g/mol. The Bertz CT molecular complexity index is 1460. The maximum absolute atomic E-state index is 13.4. The summed E-state index contributed by atoms with van der Waals surface area (Å²) in [5, 5.41) is 19.9. The van der Waals surface area contributed by atoms with Gasteiger partial charge in [-0.05, 0) is 67.7 Å². The van der Waals surface area contributed by atoms with Crippen LogP contribution < -0.4 is 10.3 Å². The third kappa shape index (κ3) is 4.44. The van der Waals surface area contributed by atoms with Gasteiger partial charge in [0.05, 0.1) is 24.2 Å². The Morgan fingerprint density at radius 2 is 1.61 bits per heavy atom. The molecule has 0 unspecified atom stereocenters. The molecule has 0 aliphatic heterocycles. The van der Waals surface area contributed by atoms with E-state index in [1.165, 1.54) is 16.2 Å². The lowest BCUT2D eigenvalue weighted by Crippen LogP contribution is -2.23. The molecule has 1 heterocycles. The molecule has 0 radical (unpaired) electrons. The monoisotopic (exact) mass is 478 g/mol. The van der Waals surface area contributed by atoms with Gasteiger partial charge in [0.15, 0.2) is 4.77 Å². The first-order valence-corrected chi connectivity index (χ1v) is 10.7. The summed E-state index contributed by atoms with van der Waals surface area (Å²) in [5.74, 6) is 0.00849. The Kier molecular flexibility index (Phi) is 6.39. The molecule has 0 aliphatic carbocycles. The zero-order valence-electron chi connectivity index (χ0n) is 17.8. The van der Waals surface area contributed by atoms with Crippen LogP contribution in [0.5, 0.6) is 11.6 Å². The van der Waals surface area contributed by atoms with E-state index in [0.717, 1.165) is 5.56 Å².